The molecule has 90 valence electrons. The maximum absolute atomic E-state index is 4.57. The van der Waals surface area contributed by atoms with Crippen molar-refractivity contribution in [1.29, 1.82) is 0 Å². The van der Waals surface area contributed by atoms with Crippen molar-refractivity contribution in [1.82, 2.24) is 20.1 Å². The average molecular weight is 230 g/mol. The van der Waals surface area contributed by atoms with Crippen molar-refractivity contribution in [2.24, 2.45) is 0 Å². The SMILES string of the molecule is CCNCc1ccc(-n2cc(C)cn2)nc1C. The first-order chi connectivity index (χ1) is 8.20. The minimum atomic E-state index is 0.869. The van der Waals surface area contributed by atoms with E-state index < -0.39 is 0 Å². The van der Waals surface area contributed by atoms with Crippen LogP contribution < -0.4 is 5.32 Å². The molecule has 0 bridgehead atoms. The molecule has 2 aromatic rings. The molecule has 1 N–H and O–H groups in total. The van der Waals surface area contributed by atoms with Gasteiger partial charge in [0.1, 0.15) is 0 Å². The average Bonchev–Trinajstić information content (AvgIpc) is 2.74. The molecule has 0 aliphatic rings. The number of nitrogens with one attached hydrogen (secondary N) is 1. The van der Waals surface area contributed by atoms with Gasteiger partial charge in [-0.1, -0.05) is 13.0 Å². The van der Waals surface area contributed by atoms with Crippen LogP contribution in [0.3, 0.4) is 0 Å². The third-order valence-corrected chi connectivity index (χ3v) is 2.69. The van der Waals surface area contributed by atoms with Crippen LogP contribution in [-0.4, -0.2) is 21.3 Å². The molecule has 0 aromatic carbocycles. The van der Waals surface area contributed by atoms with E-state index in [2.05, 4.69) is 28.4 Å². The number of nitrogens with zero attached hydrogens (tertiary/aromatic N) is 3. The summed E-state index contributed by atoms with van der Waals surface area (Å²) in [5, 5.41) is 7.56. The topological polar surface area (TPSA) is 42.7 Å². The van der Waals surface area contributed by atoms with Crippen molar-refractivity contribution < 1.29 is 0 Å². The number of hydrogen-bond acceptors (Lipinski definition) is 3. The van der Waals surface area contributed by atoms with Gasteiger partial charge >= 0.3 is 0 Å². The van der Waals surface area contributed by atoms with E-state index in [9.17, 15) is 0 Å². The molecule has 0 aliphatic carbocycles. The molecule has 0 saturated heterocycles. The predicted octanol–water partition coefficient (Wildman–Crippen LogP) is 1.99. The van der Waals surface area contributed by atoms with E-state index in [0.717, 1.165) is 30.2 Å². The number of pyridine rings is 1. The van der Waals surface area contributed by atoms with Gasteiger partial charge in [-0.2, -0.15) is 5.10 Å². The van der Waals surface area contributed by atoms with Crippen molar-refractivity contribution in [2.45, 2.75) is 27.3 Å². The molecular formula is C13H18N4. The van der Waals surface area contributed by atoms with Crippen LogP contribution in [0.25, 0.3) is 5.82 Å². The molecule has 0 atom stereocenters. The summed E-state index contributed by atoms with van der Waals surface area (Å²) in [6.45, 7) is 8.00. The maximum atomic E-state index is 4.57. The predicted molar refractivity (Wildman–Crippen MR) is 68.2 cm³/mol. The molecule has 2 aromatic heterocycles. The Bertz CT molecular complexity index is 502. The second-order valence-corrected chi connectivity index (χ2v) is 4.16. The van der Waals surface area contributed by atoms with E-state index >= 15 is 0 Å². The van der Waals surface area contributed by atoms with Crippen LogP contribution >= 0.6 is 0 Å². The Balaban J connectivity index is 2.24. The van der Waals surface area contributed by atoms with E-state index in [1.807, 2.05) is 32.3 Å². The number of rotatable bonds is 4. The van der Waals surface area contributed by atoms with Crippen LogP contribution in [0.1, 0.15) is 23.7 Å². The van der Waals surface area contributed by atoms with E-state index in [1.54, 1.807) is 4.68 Å². The van der Waals surface area contributed by atoms with Crippen LogP contribution in [0.5, 0.6) is 0 Å². The molecule has 0 amide bonds. The second kappa shape index (κ2) is 5.10. The van der Waals surface area contributed by atoms with Gasteiger partial charge in [-0.3, -0.25) is 0 Å². The molecule has 2 rings (SSSR count). The third-order valence-electron chi connectivity index (χ3n) is 2.69. The zero-order valence-corrected chi connectivity index (χ0v) is 10.6. The highest BCUT2D eigenvalue weighted by Gasteiger charge is 2.03. The first kappa shape index (κ1) is 11.8. The molecule has 0 unspecified atom stereocenters. The van der Waals surface area contributed by atoms with Gasteiger partial charge < -0.3 is 5.32 Å². The fraction of sp³-hybridized carbons (Fsp3) is 0.385. The molecule has 0 aliphatic heterocycles. The highest BCUT2D eigenvalue weighted by Crippen LogP contribution is 2.10. The van der Waals surface area contributed by atoms with Crippen LogP contribution in [0.4, 0.5) is 0 Å². The fourth-order valence-corrected chi connectivity index (χ4v) is 1.69. The standard InChI is InChI=1S/C13H18N4/c1-4-14-8-12-5-6-13(16-11(12)3)17-9-10(2)7-15-17/h5-7,9,14H,4,8H2,1-3H3. The van der Waals surface area contributed by atoms with Gasteiger partial charge in [-0.25, -0.2) is 9.67 Å². The van der Waals surface area contributed by atoms with Crippen molar-refractivity contribution in [2.75, 3.05) is 6.54 Å². The van der Waals surface area contributed by atoms with Crippen molar-refractivity contribution in [3.63, 3.8) is 0 Å². The maximum Gasteiger partial charge on any atom is 0.153 e. The fourth-order valence-electron chi connectivity index (χ4n) is 1.69. The van der Waals surface area contributed by atoms with Gasteiger partial charge in [-0.15, -0.1) is 0 Å². The van der Waals surface area contributed by atoms with Crippen LogP contribution in [-0.2, 0) is 6.54 Å². The Morgan fingerprint density at radius 1 is 1.29 bits per heavy atom. The first-order valence-corrected chi connectivity index (χ1v) is 5.89. The Labute approximate surface area is 102 Å². The van der Waals surface area contributed by atoms with Crippen LogP contribution in [0.2, 0.25) is 0 Å². The molecular weight excluding hydrogens is 212 g/mol. The lowest BCUT2D eigenvalue weighted by Gasteiger charge is -2.08. The normalized spacial score (nSPS) is 10.8. The zero-order chi connectivity index (χ0) is 12.3. The quantitative estimate of drug-likeness (QED) is 0.873. The molecule has 0 radical (unpaired) electrons. The van der Waals surface area contributed by atoms with Gasteiger partial charge in [0.15, 0.2) is 5.82 Å². The Morgan fingerprint density at radius 2 is 2.12 bits per heavy atom. The Hall–Kier alpha value is -1.68. The van der Waals surface area contributed by atoms with Gasteiger partial charge in [-0.05, 0) is 37.6 Å². The third kappa shape index (κ3) is 2.71. The summed E-state index contributed by atoms with van der Waals surface area (Å²) in [6, 6.07) is 4.11. The first-order valence-electron chi connectivity index (χ1n) is 5.89. The summed E-state index contributed by atoms with van der Waals surface area (Å²) >= 11 is 0. The van der Waals surface area contributed by atoms with Crippen molar-refractivity contribution in [3.8, 4) is 5.82 Å². The number of hydrogen-bond donors (Lipinski definition) is 1. The van der Waals surface area contributed by atoms with Gasteiger partial charge in [0.05, 0.1) is 6.20 Å². The van der Waals surface area contributed by atoms with Crippen molar-refractivity contribution >= 4 is 0 Å². The Kier molecular flexibility index (Phi) is 3.54. The number of aromatic nitrogens is 3. The minimum absolute atomic E-state index is 0.869. The molecule has 0 saturated carbocycles. The van der Waals surface area contributed by atoms with Gasteiger partial charge in [0.2, 0.25) is 0 Å². The minimum Gasteiger partial charge on any atom is -0.313 e. The molecule has 0 spiro atoms. The monoisotopic (exact) mass is 230 g/mol. The summed E-state index contributed by atoms with van der Waals surface area (Å²) in [6.07, 6.45) is 3.81. The lowest BCUT2D eigenvalue weighted by Crippen LogP contribution is -2.13. The molecule has 2 heterocycles. The van der Waals surface area contributed by atoms with E-state index in [4.69, 9.17) is 0 Å². The Morgan fingerprint density at radius 3 is 2.71 bits per heavy atom. The molecule has 4 nitrogen and oxygen atoms in total. The highest BCUT2D eigenvalue weighted by molar-refractivity contribution is 5.30. The van der Waals surface area contributed by atoms with Gasteiger partial charge in [0.25, 0.3) is 0 Å². The number of aryl methyl sites for hydroxylation is 2. The molecule has 17 heavy (non-hydrogen) atoms. The largest absolute Gasteiger partial charge is 0.313 e. The summed E-state index contributed by atoms with van der Waals surface area (Å²) in [4.78, 5) is 4.57. The molecule has 0 fully saturated rings. The molecule has 4 heteroatoms. The van der Waals surface area contributed by atoms with E-state index in [0.29, 0.717) is 0 Å². The van der Waals surface area contributed by atoms with E-state index in [-0.39, 0.29) is 0 Å². The smallest absolute Gasteiger partial charge is 0.153 e. The zero-order valence-electron chi connectivity index (χ0n) is 10.6. The van der Waals surface area contributed by atoms with E-state index in [1.165, 1.54) is 5.56 Å². The van der Waals surface area contributed by atoms with Crippen LogP contribution in [0, 0.1) is 13.8 Å². The van der Waals surface area contributed by atoms with Gasteiger partial charge in [0, 0.05) is 18.4 Å². The summed E-state index contributed by atoms with van der Waals surface area (Å²) in [5.74, 6) is 0.871. The van der Waals surface area contributed by atoms with Crippen LogP contribution in [0.15, 0.2) is 24.5 Å². The second-order valence-electron chi connectivity index (χ2n) is 4.16. The lowest BCUT2D eigenvalue weighted by molar-refractivity contribution is 0.717. The summed E-state index contributed by atoms with van der Waals surface area (Å²) < 4.78 is 1.80. The van der Waals surface area contributed by atoms with Crippen molar-refractivity contribution in [3.05, 3.63) is 41.3 Å². The highest BCUT2D eigenvalue weighted by atomic mass is 15.3. The summed E-state index contributed by atoms with van der Waals surface area (Å²) in [5.41, 5.74) is 3.43. The summed E-state index contributed by atoms with van der Waals surface area (Å²) in [7, 11) is 0. The lowest BCUT2D eigenvalue weighted by atomic mass is 10.2.